The van der Waals surface area contributed by atoms with Gasteiger partial charge in [0.05, 0.1) is 5.52 Å². The predicted octanol–water partition coefficient (Wildman–Crippen LogP) is 0.497. The molecule has 0 N–H and O–H groups in total. The van der Waals surface area contributed by atoms with Gasteiger partial charge >= 0.3 is 0 Å². The maximum atomic E-state index is 12.7. The van der Waals surface area contributed by atoms with E-state index in [4.69, 9.17) is 0 Å². The molecule has 6 heteroatoms. The van der Waals surface area contributed by atoms with Crippen molar-refractivity contribution in [2.24, 2.45) is 7.05 Å². The lowest BCUT2D eigenvalue weighted by atomic mass is 10.1. The zero-order chi connectivity index (χ0) is 17.6. The first-order valence-electron chi connectivity index (χ1n) is 8.83. The number of benzene rings is 1. The third-order valence-electron chi connectivity index (χ3n) is 5.56. The molecule has 132 valence electrons. The van der Waals surface area contributed by atoms with E-state index >= 15 is 0 Å². The molecule has 1 aromatic heterocycles. The number of para-hydroxylation sites is 1. The summed E-state index contributed by atoms with van der Waals surface area (Å²) in [4.78, 5) is 31.5. The Labute approximate surface area is 147 Å². The first-order valence-corrected chi connectivity index (χ1v) is 8.83. The van der Waals surface area contributed by atoms with Crippen molar-refractivity contribution in [1.82, 2.24) is 19.3 Å². The summed E-state index contributed by atoms with van der Waals surface area (Å²) in [7, 11) is 3.70. The van der Waals surface area contributed by atoms with Crippen molar-refractivity contribution in [2.75, 3.05) is 39.8 Å². The normalized spacial score (nSPS) is 22.4. The number of rotatable bonds is 2. The van der Waals surface area contributed by atoms with E-state index in [0.717, 1.165) is 42.6 Å². The average Bonchev–Trinajstić information content (AvgIpc) is 2.63. The minimum atomic E-state index is -0.0724. The van der Waals surface area contributed by atoms with E-state index in [1.165, 1.54) is 0 Å². The molecule has 1 atom stereocenters. The lowest BCUT2D eigenvalue weighted by molar-refractivity contribution is -0.143. The zero-order valence-electron chi connectivity index (χ0n) is 14.8. The lowest BCUT2D eigenvalue weighted by Gasteiger charge is -2.45. The SMILES string of the molecule is CN1CCN2CCN(Cc3cc4ccccc4n(C)c3=O)C[C@H]2C1=O. The highest BCUT2D eigenvalue weighted by Crippen LogP contribution is 2.18. The van der Waals surface area contributed by atoms with Crippen LogP contribution in [0.2, 0.25) is 0 Å². The van der Waals surface area contributed by atoms with Crippen LogP contribution in [0.5, 0.6) is 0 Å². The van der Waals surface area contributed by atoms with Crippen molar-refractivity contribution < 1.29 is 4.79 Å². The molecule has 1 amide bonds. The van der Waals surface area contributed by atoms with Gasteiger partial charge in [0.15, 0.2) is 0 Å². The first-order chi connectivity index (χ1) is 12.0. The Bertz CT molecular complexity index is 875. The number of pyridine rings is 1. The molecular formula is C19H24N4O2. The van der Waals surface area contributed by atoms with E-state index in [1.54, 1.807) is 4.57 Å². The molecule has 2 aromatic rings. The number of hydrogen-bond acceptors (Lipinski definition) is 4. The Balaban J connectivity index is 1.58. The molecule has 1 aromatic carbocycles. The molecule has 4 rings (SSSR count). The van der Waals surface area contributed by atoms with Crippen molar-refractivity contribution in [3.63, 3.8) is 0 Å². The van der Waals surface area contributed by atoms with Crippen LogP contribution in [0.4, 0.5) is 0 Å². The molecule has 0 unspecified atom stereocenters. The minimum absolute atomic E-state index is 0.0493. The standard InChI is InChI=1S/C19H24N4O2/c1-20-7-9-23-10-8-22(13-17(23)19(20)25)12-15-11-14-5-3-4-6-16(14)21(2)18(15)24/h3-6,11,17H,7-10,12-13H2,1-2H3/t17-/m0/s1. The van der Waals surface area contributed by atoms with Gasteiger partial charge in [0, 0.05) is 58.9 Å². The smallest absolute Gasteiger partial charge is 0.255 e. The number of carbonyl (C=O) groups is 1. The summed E-state index contributed by atoms with van der Waals surface area (Å²) >= 11 is 0. The maximum Gasteiger partial charge on any atom is 0.255 e. The molecule has 0 bridgehead atoms. The number of amides is 1. The van der Waals surface area contributed by atoms with Crippen LogP contribution in [0.3, 0.4) is 0 Å². The summed E-state index contributed by atoms with van der Waals surface area (Å²) < 4.78 is 1.72. The molecule has 2 aliphatic rings. The highest BCUT2D eigenvalue weighted by molar-refractivity contribution is 5.83. The number of hydrogen-bond donors (Lipinski definition) is 0. The number of aryl methyl sites for hydroxylation is 1. The molecule has 0 radical (unpaired) electrons. The summed E-state index contributed by atoms with van der Waals surface area (Å²) in [6, 6.07) is 9.87. The second-order valence-electron chi connectivity index (χ2n) is 7.14. The Morgan fingerprint density at radius 3 is 2.64 bits per heavy atom. The van der Waals surface area contributed by atoms with E-state index in [2.05, 4.69) is 9.80 Å². The van der Waals surface area contributed by atoms with Gasteiger partial charge in [0.2, 0.25) is 5.91 Å². The summed E-state index contributed by atoms with van der Waals surface area (Å²) in [5.41, 5.74) is 1.80. The van der Waals surface area contributed by atoms with Gasteiger partial charge in [-0.1, -0.05) is 18.2 Å². The second kappa shape index (κ2) is 6.28. The van der Waals surface area contributed by atoms with Gasteiger partial charge in [-0.05, 0) is 17.5 Å². The molecule has 0 spiro atoms. The highest BCUT2D eigenvalue weighted by atomic mass is 16.2. The number of piperazine rings is 2. The molecule has 2 aliphatic heterocycles. The van der Waals surface area contributed by atoms with Gasteiger partial charge < -0.3 is 9.47 Å². The second-order valence-corrected chi connectivity index (χ2v) is 7.14. The largest absolute Gasteiger partial charge is 0.343 e. The maximum absolute atomic E-state index is 12.7. The number of nitrogens with zero attached hydrogens (tertiary/aromatic N) is 4. The van der Waals surface area contributed by atoms with Crippen LogP contribution in [0.25, 0.3) is 10.9 Å². The number of aromatic nitrogens is 1. The molecule has 25 heavy (non-hydrogen) atoms. The van der Waals surface area contributed by atoms with E-state index in [-0.39, 0.29) is 17.5 Å². The van der Waals surface area contributed by atoms with Crippen LogP contribution >= 0.6 is 0 Å². The van der Waals surface area contributed by atoms with Crippen molar-refractivity contribution in [3.8, 4) is 0 Å². The van der Waals surface area contributed by atoms with Crippen molar-refractivity contribution in [3.05, 3.63) is 46.2 Å². The van der Waals surface area contributed by atoms with Gasteiger partial charge in [-0.2, -0.15) is 0 Å². The molecule has 6 nitrogen and oxygen atoms in total. The summed E-state index contributed by atoms with van der Waals surface area (Å²) in [5.74, 6) is 0.197. The summed E-state index contributed by atoms with van der Waals surface area (Å²) in [6.07, 6.45) is 0. The number of fused-ring (bicyclic) bond motifs is 2. The van der Waals surface area contributed by atoms with Crippen molar-refractivity contribution >= 4 is 16.8 Å². The third kappa shape index (κ3) is 2.85. The molecule has 2 saturated heterocycles. The molecular weight excluding hydrogens is 316 g/mol. The molecule has 0 aliphatic carbocycles. The molecule has 0 saturated carbocycles. The fourth-order valence-corrected chi connectivity index (χ4v) is 4.01. The minimum Gasteiger partial charge on any atom is -0.343 e. The lowest BCUT2D eigenvalue weighted by Crippen LogP contribution is -2.63. The summed E-state index contributed by atoms with van der Waals surface area (Å²) in [5, 5.41) is 1.08. The Morgan fingerprint density at radius 2 is 1.80 bits per heavy atom. The van der Waals surface area contributed by atoms with E-state index in [9.17, 15) is 9.59 Å². The number of carbonyl (C=O) groups excluding carboxylic acids is 1. The fourth-order valence-electron chi connectivity index (χ4n) is 4.01. The highest BCUT2D eigenvalue weighted by Gasteiger charge is 2.37. The van der Waals surface area contributed by atoms with Gasteiger partial charge in [-0.15, -0.1) is 0 Å². The fraction of sp³-hybridized carbons (Fsp3) is 0.474. The van der Waals surface area contributed by atoms with Crippen LogP contribution < -0.4 is 5.56 Å². The van der Waals surface area contributed by atoms with E-state index in [0.29, 0.717) is 13.1 Å². The van der Waals surface area contributed by atoms with Gasteiger partial charge in [0.25, 0.3) is 5.56 Å². The summed E-state index contributed by atoms with van der Waals surface area (Å²) in [6.45, 7) is 4.82. The first kappa shape index (κ1) is 16.3. The zero-order valence-corrected chi connectivity index (χ0v) is 14.8. The Hall–Kier alpha value is -2.18. The van der Waals surface area contributed by atoms with Crippen LogP contribution in [0.15, 0.2) is 35.1 Å². The monoisotopic (exact) mass is 340 g/mol. The van der Waals surface area contributed by atoms with Gasteiger partial charge in [-0.25, -0.2) is 0 Å². The van der Waals surface area contributed by atoms with E-state index in [1.807, 2.05) is 49.3 Å². The number of likely N-dealkylation sites (N-methyl/N-ethyl adjacent to an activating group) is 1. The van der Waals surface area contributed by atoms with Crippen LogP contribution in [-0.4, -0.2) is 71.0 Å². The molecule has 2 fully saturated rings. The topological polar surface area (TPSA) is 48.8 Å². The molecule has 3 heterocycles. The Morgan fingerprint density at radius 1 is 1.04 bits per heavy atom. The van der Waals surface area contributed by atoms with Gasteiger partial charge in [-0.3, -0.25) is 19.4 Å². The third-order valence-corrected chi connectivity index (χ3v) is 5.56. The van der Waals surface area contributed by atoms with Crippen LogP contribution in [0.1, 0.15) is 5.56 Å². The van der Waals surface area contributed by atoms with Crippen LogP contribution in [0, 0.1) is 0 Å². The van der Waals surface area contributed by atoms with Gasteiger partial charge in [0.1, 0.15) is 6.04 Å². The quantitative estimate of drug-likeness (QED) is 0.799. The average molecular weight is 340 g/mol. The van der Waals surface area contributed by atoms with Crippen LogP contribution in [-0.2, 0) is 18.4 Å². The van der Waals surface area contributed by atoms with Crippen molar-refractivity contribution in [1.29, 1.82) is 0 Å². The van der Waals surface area contributed by atoms with Crippen molar-refractivity contribution in [2.45, 2.75) is 12.6 Å². The predicted molar refractivity (Wildman–Crippen MR) is 97.5 cm³/mol. The van der Waals surface area contributed by atoms with E-state index < -0.39 is 0 Å². The Kier molecular flexibility index (Phi) is 4.09.